The van der Waals surface area contributed by atoms with Crippen LogP contribution in [0.15, 0.2) is 66.7 Å². The van der Waals surface area contributed by atoms with Crippen molar-refractivity contribution in [3.63, 3.8) is 0 Å². The van der Waals surface area contributed by atoms with Gasteiger partial charge in [0.2, 0.25) is 5.91 Å². The number of para-hydroxylation sites is 2. The number of hydrogen-bond acceptors (Lipinski definition) is 4. The second kappa shape index (κ2) is 10.2. The van der Waals surface area contributed by atoms with E-state index in [2.05, 4.69) is 15.6 Å². The van der Waals surface area contributed by atoms with Gasteiger partial charge < -0.3 is 19.9 Å². The van der Waals surface area contributed by atoms with Gasteiger partial charge in [0.1, 0.15) is 18.1 Å². The molecule has 0 bridgehead atoms. The minimum atomic E-state index is -0.503. The van der Waals surface area contributed by atoms with Gasteiger partial charge in [-0.15, -0.1) is 0 Å². The van der Waals surface area contributed by atoms with Crippen LogP contribution in [-0.4, -0.2) is 28.5 Å². The quantitative estimate of drug-likeness (QED) is 0.354. The number of hydrogen-bond donors (Lipinski definition) is 2. The molecule has 1 aromatic heterocycles. The zero-order valence-electron chi connectivity index (χ0n) is 18.5. The number of aromatic nitrogens is 2. The maximum absolute atomic E-state index is 12.9. The third kappa shape index (κ3) is 5.16. The van der Waals surface area contributed by atoms with E-state index >= 15 is 0 Å². The summed E-state index contributed by atoms with van der Waals surface area (Å²) in [6.45, 7) is 1.81. The van der Waals surface area contributed by atoms with Crippen molar-refractivity contribution in [3.05, 3.63) is 88.2 Å². The number of amides is 2. The molecule has 174 valence electrons. The van der Waals surface area contributed by atoms with Gasteiger partial charge in [0.15, 0.2) is 0 Å². The highest BCUT2D eigenvalue weighted by Crippen LogP contribution is 2.24. The van der Waals surface area contributed by atoms with Crippen LogP contribution < -0.4 is 15.4 Å². The lowest BCUT2D eigenvalue weighted by Crippen LogP contribution is -2.30. The first-order chi connectivity index (χ1) is 16.4. The summed E-state index contributed by atoms with van der Waals surface area (Å²) in [5.41, 5.74) is 2.42. The van der Waals surface area contributed by atoms with E-state index in [1.165, 1.54) is 6.07 Å². The Kier molecular flexibility index (Phi) is 7.05. The number of halogens is 2. The van der Waals surface area contributed by atoms with Gasteiger partial charge in [-0.05, 0) is 49.4 Å². The molecule has 3 aromatic carbocycles. The molecule has 0 aliphatic rings. The lowest BCUT2D eigenvalue weighted by molar-refractivity contribution is -0.116. The fraction of sp³-hybridized carbons (Fsp3) is 0.160. The second-order valence-corrected chi connectivity index (χ2v) is 8.49. The van der Waals surface area contributed by atoms with Crippen molar-refractivity contribution in [1.82, 2.24) is 14.9 Å². The normalized spacial score (nSPS) is 11.8. The van der Waals surface area contributed by atoms with E-state index in [-0.39, 0.29) is 23.4 Å². The highest BCUT2D eigenvalue weighted by atomic mass is 35.5. The lowest BCUT2D eigenvalue weighted by atomic mass is 10.2. The minimum Gasteiger partial charge on any atom is -0.497 e. The summed E-state index contributed by atoms with van der Waals surface area (Å²) in [5.74, 6) is 0.578. The predicted octanol–water partition coefficient (Wildman–Crippen LogP) is 5.48. The summed E-state index contributed by atoms with van der Waals surface area (Å²) in [5, 5.41) is 6.49. The van der Waals surface area contributed by atoms with Crippen LogP contribution in [0.3, 0.4) is 0 Å². The molecule has 34 heavy (non-hydrogen) atoms. The second-order valence-electron chi connectivity index (χ2n) is 7.64. The van der Waals surface area contributed by atoms with Crippen LogP contribution in [0.4, 0.5) is 5.69 Å². The van der Waals surface area contributed by atoms with Crippen LogP contribution in [0.5, 0.6) is 5.75 Å². The molecule has 1 unspecified atom stereocenters. The molecule has 9 heteroatoms. The van der Waals surface area contributed by atoms with Crippen LogP contribution in [0.25, 0.3) is 11.0 Å². The topological polar surface area (TPSA) is 85.2 Å². The zero-order chi connectivity index (χ0) is 24.2. The first-order valence-electron chi connectivity index (χ1n) is 10.5. The number of ether oxygens (including phenoxy) is 1. The summed E-state index contributed by atoms with van der Waals surface area (Å²) in [4.78, 5) is 30.4. The standard InChI is InChI=1S/C25H22Cl2N4O3/c1-15(28-25(33)19-11-10-16(26)12-20(19)27)24-30-21-8-3-4-9-22(21)31(24)14-23(32)29-17-6-5-7-18(13-17)34-2/h3-13,15H,14H2,1-2H3,(H,28,33)(H,29,32). The molecule has 1 atom stereocenters. The maximum atomic E-state index is 12.9. The van der Waals surface area contributed by atoms with E-state index in [1.807, 2.05) is 24.3 Å². The van der Waals surface area contributed by atoms with Gasteiger partial charge in [0, 0.05) is 16.8 Å². The van der Waals surface area contributed by atoms with E-state index in [0.29, 0.717) is 27.8 Å². The summed E-state index contributed by atoms with van der Waals surface area (Å²) in [6, 6.07) is 18.8. The van der Waals surface area contributed by atoms with Crippen LogP contribution in [0.2, 0.25) is 10.0 Å². The molecule has 0 saturated heterocycles. The number of anilines is 1. The van der Waals surface area contributed by atoms with Gasteiger partial charge in [-0.2, -0.15) is 0 Å². The highest BCUT2D eigenvalue weighted by Gasteiger charge is 2.21. The summed E-state index contributed by atoms with van der Waals surface area (Å²) < 4.78 is 7.01. The van der Waals surface area contributed by atoms with Gasteiger partial charge in [0.05, 0.1) is 34.8 Å². The summed E-state index contributed by atoms with van der Waals surface area (Å²) >= 11 is 12.1. The predicted molar refractivity (Wildman–Crippen MR) is 134 cm³/mol. The molecule has 0 radical (unpaired) electrons. The van der Waals surface area contributed by atoms with Crippen molar-refractivity contribution in [1.29, 1.82) is 0 Å². The van der Waals surface area contributed by atoms with Gasteiger partial charge in [0.25, 0.3) is 5.91 Å². The molecule has 0 saturated carbocycles. The number of methoxy groups -OCH3 is 1. The number of rotatable bonds is 7. The van der Waals surface area contributed by atoms with E-state index in [0.717, 1.165) is 11.0 Å². The molecular weight excluding hydrogens is 475 g/mol. The zero-order valence-corrected chi connectivity index (χ0v) is 20.0. The number of carbonyl (C=O) groups excluding carboxylic acids is 2. The number of imidazole rings is 1. The van der Waals surface area contributed by atoms with Crippen molar-refractivity contribution in [3.8, 4) is 5.75 Å². The monoisotopic (exact) mass is 496 g/mol. The Morgan fingerprint density at radius 2 is 1.85 bits per heavy atom. The van der Waals surface area contributed by atoms with Crippen molar-refractivity contribution >= 4 is 51.7 Å². The van der Waals surface area contributed by atoms with Crippen molar-refractivity contribution in [2.45, 2.75) is 19.5 Å². The van der Waals surface area contributed by atoms with Crippen molar-refractivity contribution in [2.75, 3.05) is 12.4 Å². The van der Waals surface area contributed by atoms with Crippen LogP contribution in [-0.2, 0) is 11.3 Å². The number of carbonyl (C=O) groups is 2. The lowest BCUT2D eigenvalue weighted by Gasteiger charge is -2.17. The minimum absolute atomic E-state index is 0.00890. The van der Waals surface area contributed by atoms with Gasteiger partial charge in [-0.1, -0.05) is 41.4 Å². The maximum Gasteiger partial charge on any atom is 0.253 e. The Morgan fingerprint density at radius 3 is 2.62 bits per heavy atom. The Hall–Kier alpha value is -3.55. The number of nitrogens with one attached hydrogen (secondary N) is 2. The molecule has 0 spiro atoms. The summed E-state index contributed by atoms with van der Waals surface area (Å²) in [6.07, 6.45) is 0. The average molecular weight is 497 g/mol. The highest BCUT2D eigenvalue weighted by molar-refractivity contribution is 6.36. The SMILES string of the molecule is COc1cccc(NC(=O)Cn2c(C(C)NC(=O)c3ccc(Cl)cc3Cl)nc3ccccc32)c1. The molecule has 0 aliphatic heterocycles. The molecule has 1 heterocycles. The van der Waals surface area contributed by atoms with E-state index in [4.69, 9.17) is 27.9 Å². The van der Waals surface area contributed by atoms with E-state index in [9.17, 15) is 9.59 Å². The molecule has 2 amide bonds. The van der Waals surface area contributed by atoms with Crippen LogP contribution in [0, 0.1) is 0 Å². The number of fused-ring (bicyclic) bond motifs is 1. The van der Waals surface area contributed by atoms with E-state index < -0.39 is 6.04 Å². The van der Waals surface area contributed by atoms with Crippen molar-refractivity contribution in [2.24, 2.45) is 0 Å². The van der Waals surface area contributed by atoms with Crippen LogP contribution >= 0.6 is 23.2 Å². The van der Waals surface area contributed by atoms with Crippen LogP contribution in [0.1, 0.15) is 29.1 Å². The third-order valence-electron chi connectivity index (χ3n) is 5.25. The molecule has 4 rings (SSSR count). The fourth-order valence-electron chi connectivity index (χ4n) is 3.65. The molecule has 2 N–H and O–H groups in total. The Labute approximate surface area is 206 Å². The number of benzene rings is 3. The van der Waals surface area contributed by atoms with E-state index in [1.54, 1.807) is 55.0 Å². The Bertz CT molecular complexity index is 1370. The fourth-order valence-corrected chi connectivity index (χ4v) is 4.14. The number of nitrogens with zero attached hydrogens (tertiary/aromatic N) is 2. The average Bonchev–Trinajstić information content (AvgIpc) is 3.17. The third-order valence-corrected chi connectivity index (χ3v) is 5.80. The van der Waals surface area contributed by atoms with Crippen molar-refractivity contribution < 1.29 is 14.3 Å². The summed E-state index contributed by atoms with van der Waals surface area (Å²) in [7, 11) is 1.57. The molecule has 0 aliphatic carbocycles. The van der Waals surface area contributed by atoms with Gasteiger partial charge >= 0.3 is 0 Å². The first-order valence-corrected chi connectivity index (χ1v) is 11.3. The molecule has 7 nitrogen and oxygen atoms in total. The van der Waals surface area contributed by atoms with Gasteiger partial charge in [-0.25, -0.2) is 4.98 Å². The largest absolute Gasteiger partial charge is 0.497 e. The Balaban J connectivity index is 1.59. The Morgan fingerprint density at radius 1 is 1.06 bits per heavy atom. The molecule has 4 aromatic rings. The van der Waals surface area contributed by atoms with Gasteiger partial charge in [-0.3, -0.25) is 9.59 Å². The molecule has 0 fully saturated rings. The smallest absolute Gasteiger partial charge is 0.253 e. The molecular formula is C25H22Cl2N4O3. The first kappa shape index (κ1) is 23.6.